The van der Waals surface area contributed by atoms with Crippen LogP contribution in [-0.2, 0) is 6.54 Å². The van der Waals surface area contributed by atoms with Gasteiger partial charge in [-0.1, -0.05) is 19.1 Å². The third kappa shape index (κ3) is 4.16. The molecule has 1 heterocycles. The number of hydrogen-bond donors (Lipinski definition) is 1. The Morgan fingerprint density at radius 1 is 1.32 bits per heavy atom. The quantitative estimate of drug-likeness (QED) is 0.525. The molecule has 1 saturated heterocycles. The maximum atomic E-state index is 6.07. The van der Waals surface area contributed by atoms with Crippen LogP contribution in [0.15, 0.2) is 34.2 Å². The van der Waals surface area contributed by atoms with Gasteiger partial charge in [0.2, 0.25) is 0 Å². The van der Waals surface area contributed by atoms with Crippen LogP contribution >= 0.6 is 11.8 Å². The minimum Gasteiger partial charge on any atom is -0.370 e. The van der Waals surface area contributed by atoms with Crippen molar-refractivity contribution in [3.63, 3.8) is 0 Å². The first kappa shape index (κ1) is 14.3. The largest absolute Gasteiger partial charge is 0.370 e. The van der Waals surface area contributed by atoms with E-state index >= 15 is 0 Å². The van der Waals surface area contributed by atoms with E-state index in [-0.39, 0.29) is 0 Å². The van der Waals surface area contributed by atoms with E-state index < -0.39 is 0 Å². The summed E-state index contributed by atoms with van der Waals surface area (Å²) in [6, 6.07) is 8.52. The zero-order valence-electron chi connectivity index (χ0n) is 11.8. The van der Waals surface area contributed by atoms with Crippen molar-refractivity contribution in [2.45, 2.75) is 31.2 Å². The highest BCUT2D eigenvalue weighted by atomic mass is 32.2. The molecule has 0 radical (unpaired) electrons. The lowest BCUT2D eigenvalue weighted by Crippen LogP contribution is -2.42. The second-order valence-corrected chi connectivity index (χ2v) is 6.07. The SMILES string of the molecule is CSc1ccc(CN=C(N)N2CCC(C)CC2)cc1. The second-order valence-electron chi connectivity index (χ2n) is 5.19. The topological polar surface area (TPSA) is 41.6 Å². The van der Waals surface area contributed by atoms with Crippen LogP contribution in [0.2, 0.25) is 0 Å². The first-order chi connectivity index (χ1) is 9.19. The monoisotopic (exact) mass is 277 g/mol. The lowest BCUT2D eigenvalue weighted by atomic mass is 10.00. The molecule has 0 spiro atoms. The molecule has 104 valence electrons. The molecule has 3 nitrogen and oxygen atoms in total. The van der Waals surface area contributed by atoms with E-state index in [0.29, 0.717) is 12.5 Å². The van der Waals surface area contributed by atoms with Gasteiger partial charge in [-0.15, -0.1) is 11.8 Å². The fraction of sp³-hybridized carbons (Fsp3) is 0.533. The van der Waals surface area contributed by atoms with Crippen LogP contribution in [0.3, 0.4) is 0 Å². The number of thioether (sulfide) groups is 1. The van der Waals surface area contributed by atoms with Crippen LogP contribution in [0, 0.1) is 5.92 Å². The van der Waals surface area contributed by atoms with Crippen LogP contribution < -0.4 is 5.73 Å². The van der Waals surface area contributed by atoms with Gasteiger partial charge in [0.25, 0.3) is 0 Å². The molecule has 0 aromatic heterocycles. The van der Waals surface area contributed by atoms with Crippen LogP contribution in [0.25, 0.3) is 0 Å². The van der Waals surface area contributed by atoms with E-state index in [1.54, 1.807) is 11.8 Å². The molecule has 0 unspecified atom stereocenters. The smallest absolute Gasteiger partial charge is 0.191 e. The van der Waals surface area contributed by atoms with Crippen molar-refractivity contribution >= 4 is 17.7 Å². The Morgan fingerprint density at radius 3 is 2.53 bits per heavy atom. The molecule has 1 aromatic rings. The fourth-order valence-corrected chi connectivity index (χ4v) is 2.65. The van der Waals surface area contributed by atoms with Crippen molar-refractivity contribution in [2.75, 3.05) is 19.3 Å². The highest BCUT2D eigenvalue weighted by Crippen LogP contribution is 2.17. The standard InChI is InChI=1S/C15H23N3S/c1-12-7-9-18(10-8-12)15(16)17-11-13-3-5-14(19-2)6-4-13/h3-6,12H,7-11H2,1-2H3,(H2,16,17). The highest BCUT2D eigenvalue weighted by Gasteiger charge is 2.16. The van der Waals surface area contributed by atoms with Crippen molar-refractivity contribution in [3.8, 4) is 0 Å². The predicted octanol–water partition coefficient (Wildman–Crippen LogP) is 2.96. The molecular formula is C15H23N3S. The van der Waals surface area contributed by atoms with E-state index in [9.17, 15) is 0 Å². The van der Waals surface area contributed by atoms with Gasteiger partial charge in [-0.2, -0.15) is 0 Å². The lowest BCUT2D eigenvalue weighted by molar-refractivity contribution is 0.277. The Kier molecular flexibility index (Phi) is 5.14. The maximum absolute atomic E-state index is 6.07. The first-order valence-corrected chi connectivity index (χ1v) is 8.09. The summed E-state index contributed by atoms with van der Waals surface area (Å²) in [6.45, 7) is 5.06. The minimum absolute atomic E-state index is 0.673. The lowest BCUT2D eigenvalue weighted by Gasteiger charge is -2.31. The molecule has 1 aliphatic rings. The molecule has 4 heteroatoms. The van der Waals surface area contributed by atoms with E-state index in [4.69, 9.17) is 5.73 Å². The van der Waals surface area contributed by atoms with Gasteiger partial charge in [0.05, 0.1) is 6.54 Å². The number of likely N-dealkylation sites (tertiary alicyclic amines) is 1. The number of aliphatic imine (C=N–C) groups is 1. The van der Waals surface area contributed by atoms with E-state index in [0.717, 1.165) is 19.0 Å². The first-order valence-electron chi connectivity index (χ1n) is 6.87. The van der Waals surface area contributed by atoms with Gasteiger partial charge < -0.3 is 10.6 Å². The fourth-order valence-electron chi connectivity index (χ4n) is 2.24. The predicted molar refractivity (Wildman–Crippen MR) is 83.5 cm³/mol. The average Bonchev–Trinajstić information content (AvgIpc) is 2.46. The minimum atomic E-state index is 0.673. The number of benzene rings is 1. The summed E-state index contributed by atoms with van der Waals surface area (Å²) < 4.78 is 0. The molecule has 0 aliphatic carbocycles. The Labute approximate surface area is 120 Å². The molecule has 0 amide bonds. The number of nitrogens with zero attached hydrogens (tertiary/aromatic N) is 2. The Hall–Kier alpha value is -1.16. The van der Waals surface area contributed by atoms with Crippen molar-refractivity contribution in [3.05, 3.63) is 29.8 Å². The van der Waals surface area contributed by atoms with Crippen molar-refractivity contribution in [1.29, 1.82) is 0 Å². The van der Waals surface area contributed by atoms with Gasteiger partial charge in [-0.05, 0) is 42.7 Å². The molecule has 2 N–H and O–H groups in total. The van der Waals surface area contributed by atoms with Crippen molar-refractivity contribution < 1.29 is 0 Å². The van der Waals surface area contributed by atoms with E-state index in [2.05, 4.69) is 47.3 Å². The third-order valence-corrected chi connectivity index (χ3v) is 4.43. The molecule has 1 fully saturated rings. The Balaban J connectivity index is 1.89. The summed E-state index contributed by atoms with van der Waals surface area (Å²) >= 11 is 1.76. The summed E-state index contributed by atoms with van der Waals surface area (Å²) in [5, 5.41) is 0. The number of guanidine groups is 1. The summed E-state index contributed by atoms with van der Waals surface area (Å²) in [5.74, 6) is 1.52. The maximum Gasteiger partial charge on any atom is 0.191 e. The van der Waals surface area contributed by atoms with Gasteiger partial charge in [-0.3, -0.25) is 0 Å². The normalized spacial score (nSPS) is 17.8. The van der Waals surface area contributed by atoms with Gasteiger partial charge >= 0.3 is 0 Å². The van der Waals surface area contributed by atoms with E-state index in [1.165, 1.54) is 23.3 Å². The zero-order chi connectivity index (χ0) is 13.7. The number of piperidine rings is 1. The molecule has 0 bridgehead atoms. The average molecular weight is 277 g/mol. The van der Waals surface area contributed by atoms with Crippen LogP contribution in [0.1, 0.15) is 25.3 Å². The van der Waals surface area contributed by atoms with Gasteiger partial charge in [-0.25, -0.2) is 4.99 Å². The van der Waals surface area contributed by atoms with Crippen LogP contribution in [-0.4, -0.2) is 30.2 Å². The van der Waals surface area contributed by atoms with Crippen molar-refractivity contribution in [2.24, 2.45) is 16.6 Å². The highest BCUT2D eigenvalue weighted by molar-refractivity contribution is 7.98. The number of nitrogens with two attached hydrogens (primary N) is 1. The Bertz CT molecular complexity index is 420. The molecule has 0 atom stereocenters. The molecule has 2 rings (SSSR count). The van der Waals surface area contributed by atoms with Gasteiger partial charge in [0, 0.05) is 18.0 Å². The molecule has 1 aromatic carbocycles. The summed E-state index contributed by atoms with van der Waals surface area (Å²) in [4.78, 5) is 8.00. The van der Waals surface area contributed by atoms with Gasteiger partial charge in [0.15, 0.2) is 5.96 Å². The van der Waals surface area contributed by atoms with Crippen molar-refractivity contribution in [1.82, 2.24) is 4.90 Å². The summed E-state index contributed by atoms with van der Waals surface area (Å²) in [6.07, 6.45) is 4.53. The summed E-state index contributed by atoms with van der Waals surface area (Å²) in [5.41, 5.74) is 7.28. The van der Waals surface area contributed by atoms with E-state index in [1.807, 2.05) is 0 Å². The molecule has 19 heavy (non-hydrogen) atoms. The zero-order valence-corrected chi connectivity index (χ0v) is 12.6. The number of hydrogen-bond acceptors (Lipinski definition) is 2. The number of rotatable bonds is 3. The molecule has 1 aliphatic heterocycles. The summed E-state index contributed by atoms with van der Waals surface area (Å²) in [7, 11) is 0. The second kappa shape index (κ2) is 6.85. The van der Waals surface area contributed by atoms with Crippen LogP contribution in [0.5, 0.6) is 0 Å². The van der Waals surface area contributed by atoms with Crippen LogP contribution in [0.4, 0.5) is 0 Å². The molecular weight excluding hydrogens is 254 g/mol. The molecule has 0 saturated carbocycles. The van der Waals surface area contributed by atoms with Gasteiger partial charge in [0.1, 0.15) is 0 Å². The third-order valence-electron chi connectivity index (χ3n) is 3.69. The Morgan fingerprint density at radius 2 is 1.95 bits per heavy atom.